The molecule has 13 rings (SSSR count). The zero-order chi connectivity index (χ0) is 51.3. The van der Waals surface area contributed by atoms with E-state index in [1.165, 1.54) is 130 Å². The van der Waals surface area contributed by atoms with Crippen molar-refractivity contribution in [2.45, 2.75) is 136 Å². The van der Waals surface area contributed by atoms with Crippen LogP contribution in [0.4, 0.5) is 45.5 Å². The normalized spacial score (nSPS) is 20.1. The van der Waals surface area contributed by atoms with Crippen LogP contribution in [0.15, 0.2) is 158 Å². The van der Waals surface area contributed by atoms with Crippen LogP contribution in [-0.2, 0) is 29.1 Å². The van der Waals surface area contributed by atoms with Gasteiger partial charge in [-0.15, -0.1) is 0 Å². The molecule has 5 heteroatoms. The quantitative estimate of drug-likeness (QED) is 0.160. The molecule has 4 heterocycles. The van der Waals surface area contributed by atoms with Crippen LogP contribution in [0.3, 0.4) is 0 Å². The van der Waals surface area contributed by atoms with Crippen molar-refractivity contribution in [3.63, 3.8) is 0 Å². The van der Waals surface area contributed by atoms with Gasteiger partial charge in [0, 0.05) is 63.2 Å². The maximum absolute atomic E-state index is 4.53. The Labute approximate surface area is 441 Å². The topological polar surface area (TPSA) is 22.6 Å². The third kappa shape index (κ3) is 7.11. The summed E-state index contributed by atoms with van der Waals surface area (Å²) in [6.07, 6.45) is 10.8. The fraction of sp³-hybridized carbons (Fsp3) is 0.319. The summed E-state index contributed by atoms with van der Waals surface area (Å²) in [5.41, 5.74) is 27.6. The minimum absolute atomic E-state index is 0.0134. The van der Waals surface area contributed by atoms with Gasteiger partial charge in [-0.1, -0.05) is 148 Å². The first-order chi connectivity index (χ1) is 35.3. The van der Waals surface area contributed by atoms with Crippen LogP contribution in [0.1, 0.15) is 128 Å². The number of rotatable bonds is 5. The van der Waals surface area contributed by atoms with Gasteiger partial charge in [-0.25, -0.2) is 0 Å². The number of fused-ring (bicyclic) bond motifs is 8. The number of aryl methyl sites for hydroxylation is 1. The number of benzene rings is 7. The third-order valence-corrected chi connectivity index (χ3v) is 18.4. The molecule has 1 fully saturated rings. The highest BCUT2D eigenvalue weighted by atomic mass is 15.3. The van der Waals surface area contributed by atoms with E-state index in [9.17, 15) is 0 Å². The van der Waals surface area contributed by atoms with Crippen molar-refractivity contribution in [2.75, 3.05) is 14.7 Å². The van der Waals surface area contributed by atoms with E-state index >= 15 is 0 Å². The average molecular weight is 967 g/mol. The lowest BCUT2D eigenvalue weighted by Gasteiger charge is -2.50. The Hall–Kier alpha value is -6.85. The Balaban J connectivity index is 1.08. The van der Waals surface area contributed by atoms with Crippen molar-refractivity contribution in [1.29, 1.82) is 0 Å². The van der Waals surface area contributed by atoms with E-state index in [1.54, 1.807) is 0 Å². The standard InChI is InChI=1S/C69H71BN4/c1-44-34-62-64-63(35-44)73(58-30-24-51(66(5,6)7)39-54(58)45-18-13-12-14-19-45)60-38-49-42-67(8,9)41-48(49)37-57(60)70(64)56-28-27-53(40-61(56)72(62)52-25-22-50(23-26-52)65(2,3)4)74-59-29-21-46(47-20-17-33-71-43-47)36-55(59)68(10)31-15-16-32-69(68,74)11/h12-14,17-30,33-40,43H,15-16,31-32,41-42H2,1-11H3. The Kier molecular flexibility index (Phi) is 10.3. The smallest absolute Gasteiger partial charge is 0.252 e. The maximum Gasteiger partial charge on any atom is 0.252 e. The molecule has 0 amide bonds. The Morgan fingerprint density at radius 2 is 1.16 bits per heavy atom. The summed E-state index contributed by atoms with van der Waals surface area (Å²) in [6.45, 7) is 26.3. The van der Waals surface area contributed by atoms with Gasteiger partial charge in [-0.2, -0.15) is 0 Å². The Morgan fingerprint density at radius 3 is 1.88 bits per heavy atom. The van der Waals surface area contributed by atoms with Crippen LogP contribution in [0.25, 0.3) is 22.3 Å². The number of anilines is 8. The molecule has 0 N–H and O–H groups in total. The van der Waals surface area contributed by atoms with E-state index in [1.807, 2.05) is 12.4 Å². The van der Waals surface area contributed by atoms with Gasteiger partial charge in [0.25, 0.3) is 6.71 Å². The van der Waals surface area contributed by atoms with E-state index in [2.05, 4.69) is 241 Å². The number of nitrogens with zero attached hydrogens (tertiary/aromatic N) is 4. The van der Waals surface area contributed by atoms with Gasteiger partial charge in [0.1, 0.15) is 0 Å². The van der Waals surface area contributed by atoms with Gasteiger partial charge >= 0.3 is 0 Å². The van der Waals surface area contributed by atoms with E-state index in [-0.39, 0.29) is 33.9 Å². The summed E-state index contributed by atoms with van der Waals surface area (Å²) in [6, 6.07) is 57.3. The molecular weight excluding hydrogens is 896 g/mol. The summed E-state index contributed by atoms with van der Waals surface area (Å²) in [5, 5.41) is 0. The Morgan fingerprint density at radius 1 is 0.514 bits per heavy atom. The second-order valence-electron chi connectivity index (χ2n) is 26.0. The molecule has 2 atom stereocenters. The minimum atomic E-state index is -0.116. The third-order valence-electron chi connectivity index (χ3n) is 18.4. The average Bonchev–Trinajstić information content (AvgIpc) is 3.80. The molecule has 4 nitrogen and oxygen atoms in total. The SMILES string of the molecule is Cc1cc2c3c(c1)N(c1ccc(C(C)(C)C)cc1-c1ccccc1)c1cc4c(cc1B3c1ccc(N3c5ccc(-c6cccnc6)cc5C5(C)CCCCC35C)cc1N2c1ccc(C(C)(C)C)cc1)CC(C)(C)C4. The lowest BCUT2D eigenvalue weighted by atomic mass is 9.33. The van der Waals surface area contributed by atoms with E-state index in [0.29, 0.717) is 0 Å². The highest BCUT2D eigenvalue weighted by molar-refractivity contribution is 7.00. The fourth-order valence-corrected chi connectivity index (χ4v) is 14.4. The van der Waals surface area contributed by atoms with Gasteiger partial charge in [0.15, 0.2) is 0 Å². The van der Waals surface area contributed by atoms with Crippen molar-refractivity contribution in [3.05, 3.63) is 191 Å². The molecule has 0 spiro atoms. The van der Waals surface area contributed by atoms with Crippen molar-refractivity contribution >= 4 is 68.6 Å². The minimum Gasteiger partial charge on any atom is -0.334 e. The molecule has 0 radical (unpaired) electrons. The highest BCUT2D eigenvalue weighted by Crippen LogP contribution is 2.62. The van der Waals surface area contributed by atoms with Crippen LogP contribution in [0, 0.1) is 12.3 Å². The Bertz CT molecular complexity index is 3560. The van der Waals surface area contributed by atoms with Gasteiger partial charge < -0.3 is 14.7 Å². The van der Waals surface area contributed by atoms with Crippen molar-refractivity contribution < 1.29 is 0 Å². The first-order valence-corrected chi connectivity index (χ1v) is 27.5. The molecule has 3 aliphatic heterocycles. The molecule has 7 aromatic carbocycles. The second-order valence-corrected chi connectivity index (χ2v) is 26.0. The maximum atomic E-state index is 4.53. The predicted molar refractivity (Wildman–Crippen MR) is 315 cm³/mol. The summed E-state index contributed by atoms with van der Waals surface area (Å²) in [4.78, 5) is 12.6. The van der Waals surface area contributed by atoms with Gasteiger partial charge in [0.2, 0.25) is 0 Å². The molecule has 0 saturated heterocycles. The van der Waals surface area contributed by atoms with Crippen LogP contribution in [0.2, 0.25) is 0 Å². The molecule has 1 aromatic heterocycles. The van der Waals surface area contributed by atoms with Crippen LogP contribution in [0.5, 0.6) is 0 Å². The largest absolute Gasteiger partial charge is 0.334 e. The fourth-order valence-electron chi connectivity index (χ4n) is 14.4. The van der Waals surface area contributed by atoms with E-state index in [0.717, 1.165) is 25.7 Å². The van der Waals surface area contributed by atoms with Crippen LogP contribution >= 0.6 is 0 Å². The molecule has 74 heavy (non-hydrogen) atoms. The molecule has 370 valence electrons. The molecule has 2 unspecified atom stereocenters. The van der Waals surface area contributed by atoms with Crippen molar-refractivity contribution in [3.8, 4) is 22.3 Å². The summed E-state index contributed by atoms with van der Waals surface area (Å²) >= 11 is 0. The van der Waals surface area contributed by atoms with Crippen molar-refractivity contribution in [2.24, 2.45) is 5.41 Å². The highest BCUT2D eigenvalue weighted by Gasteiger charge is 2.58. The molecule has 1 saturated carbocycles. The molecule has 0 bridgehead atoms. The summed E-state index contributed by atoms with van der Waals surface area (Å²) < 4.78 is 0. The molecular formula is C69H71BN4. The van der Waals surface area contributed by atoms with E-state index < -0.39 is 0 Å². The monoisotopic (exact) mass is 967 g/mol. The zero-order valence-electron chi connectivity index (χ0n) is 45.6. The molecule has 8 aromatic rings. The number of aromatic nitrogens is 1. The second kappa shape index (κ2) is 16.3. The van der Waals surface area contributed by atoms with Gasteiger partial charge in [-0.05, 0) is 195 Å². The first-order valence-electron chi connectivity index (χ1n) is 27.5. The van der Waals surface area contributed by atoms with Crippen molar-refractivity contribution in [1.82, 2.24) is 4.98 Å². The first kappa shape index (κ1) is 46.9. The summed E-state index contributed by atoms with van der Waals surface area (Å²) in [7, 11) is 0. The lowest BCUT2D eigenvalue weighted by Crippen LogP contribution is -2.61. The number of hydrogen-bond donors (Lipinski definition) is 0. The predicted octanol–water partition coefficient (Wildman–Crippen LogP) is 16.3. The summed E-state index contributed by atoms with van der Waals surface area (Å²) in [5.74, 6) is 0. The van der Waals surface area contributed by atoms with Crippen LogP contribution < -0.4 is 31.1 Å². The van der Waals surface area contributed by atoms with Gasteiger partial charge in [0.05, 0.1) is 11.2 Å². The lowest BCUT2D eigenvalue weighted by molar-refractivity contribution is 0.195. The zero-order valence-corrected chi connectivity index (χ0v) is 45.6. The number of pyridine rings is 1. The van der Waals surface area contributed by atoms with E-state index in [4.69, 9.17) is 0 Å². The van der Waals surface area contributed by atoms with Crippen LogP contribution in [-0.4, -0.2) is 17.2 Å². The molecule has 2 aliphatic carbocycles. The van der Waals surface area contributed by atoms with Gasteiger partial charge in [-0.3, -0.25) is 4.98 Å². The number of hydrogen-bond acceptors (Lipinski definition) is 4. The molecule has 5 aliphatic rings.